The number of Topliss-reactive ketones (excluding diaryl/α,β-unsaturated/α-hetero) is 2. The highest BCUT2D eigenvalue weighted by Crippen LogP contribution is 2.41. The predicted octanol–water partition coefficient (Wildman–Crippen LogP) is 6.07. The number of hydrazine groups is 1. The second kappa shape index (κ2) is 18.8. The van der Waals surface area contributed by atoms with Crippen LogP contribution in [0.1, 0.15) is 87.4 Å². The molecule has 0 fully saturated rings. The minimum absolute atomic E-state index is 0.0666. The molecule has 2 amide bonds. The summed E-state index contributed by atoms with van der Waals surface area (Å²) in [7, 11) is -5.39. The number of benzene rings is 2. The predicted molar refractivity (Wildman–Crippen MR) is 204 cm³/mol. The van der Waals surface area contributed by atoms with Crippen molar-refractivity contribution in [3.05, 3.63) is 90.1 Å². The number of pyridine rings is 1. The summed E-state index contributed by atoms with van der Waals surface area (Å²) in [5.74, 6) is -4.78. The molecule has 0 aliphatic rings. The van der Waals surface area contributed by atoms with Crippen molar-refractivity contribution in [1.82, 2.24) is 20.7 Å². The highest BCUT2D eigenvalue weighted by Gasteiger charge is 2.39. The monoisotopic (exact) mass is 756 g/mol. The van der Waals surface area contributed by atoms with Crippen LogP contribution >= 0.6 is 7.82 Å². The van der Waals surface area contributed by atoms with Crippen LogP contribution in [0.4, 0.5) is 0 Å². The van der Waals surface area contributed by atoms with Gasteiger partial charge in [0.25, 0.3) is 0 Å². The van der Waals surface area contributed by atoms with Crippen molar-refractivity contribution in [1.29, 1.82) is 0 Å². The number of phosphoric ester groups is 1. The summed E-state index contributed by atoms with van der Waals surface area (Å²) in [6.07, 6.45) is -0.875. The second-order valence-electron chi connectivity index (χ2n) is 14.7. The molecule has 0 saturated heterocycles. The van der Waals surface area contributed by atoms with Crippen molar-refractivity contribution < 1.29 is 46.3 Å². The Labute approximate surface area is 321 Å². The van der Waals surface area contributed by atoms with Crippen molar-refractivity contribution in [2.45, 2.75) is 93.2 Å². The maximum Gasteiger partial charge on any atom is 0.469 e. The molecule has 0 aliphatic heterocycles. The largest absolute Gasteiger partial charge is 0.469 e. The number of hydrogen-bond acceptors (Lipinski definition) is 8. The second-order valence-corrected chi connectivity index (χ2v) is 15.9. The van der Waals surface area contributed by atoms with Crippen LogP contribution in [0.15, 0.2) is 79.0 Å². The van der Waals surface area contributed by atoms with Crippen molar-refractivity contribution in [2.24, 2.45) is 22.7 Å². The molecule has 288 valence electrons. The topological polar surface area (TPSA) is 175 Å². The Morgan fingerprint density at radius 1 is 0.887 bits per heavy atom. The molecule has 1 aromatic heterocycles. The van der Waals surface area contributed by atoms with Gasteiger partial charge in [-0.3, -0.25) is 29.3 Å². The number of aromatic nitrogens is 1. The van der Waals surface area contributed by atoms with Crippen LogP contribution in [0.5, 0.6) is 0 Å². The van der Waals surface area contributed by atoms with E-state index >= 15 is 0 Å². The number of nitrogens with one attached hydrogen (secondary N) is 2. The van der Waals surface area contributed by atoms with Gasteiger partial charge in [-0.2, -0.15) is 0 Å². The normalized spacial score (nSPS) is 16.7. The van der Waals surface area contributed by atoms with Crippen LogP contribution in [-0.2, 0) is 41.2 Å². The fraction of sp³-hybridized carbons (Fsp3) is 0.475. The third kappa shape index (κ3) is 14.7. The van der Waals surface area contributed by atoms with E-state index in [2.05, 4.69) is 15.7 Å². The van der Waals surface area contributed by atoms with Gasteiger partial charge in [0.15, 0.2) is 5.78 Å². The lowest BCUT2D eigenvalue weighted by atomic mass is 9.77. The SMILES string of the molecule is [2H]C([2H])([2H])C(C)([C@H](NC(C)=O)C(=O)C[C@@H](Cc1ccccc1)[C@H](CN(Cc1ccc(-c2ccccn2)cc1)NC(=O)[C@@H](CC(C)=O)C(C)(C)C)OP(=O)(O)O)C([2H])([2H])[2H]. The van der Waals surface area contributed by atoms with Crippen molar-refractivity contribution in [2.75, 3.05) is 6.54 Å². The van der Waals surface area contributed by atoms with Crippen LogP contribution in [0, 0.1) is 22.7 Å². The number of amides is 2. The Morgan fingerprint density at radius 3 is 2.06 bits per heavy atom. The van der Waals surface area contributed by atoms with E-state index in [-0.39, 0.29) is 25.2 Å². The minimum Gasteiger partial charge on any atom is -0.346 e. The first kappa shape index (κ1) is 34.7. The lowest BCUT2D eigenvalue weighted by Crippen LogP contribution is -2.52. The first-order valence-electron chi connectivity index (χ1n) is 20.2. The van der Waals surface area contributed by atoms with Gasteiger partial charge in [0, 0.05) is 52.8 Å². The summed E-state index contributed by atoms with van der Waals surface area (Å²) in [5, 5.41) is 3.61. The molecule has 0 aliphatic carbocycles. The van der Waals surface area contributed by atoms with Gasteiger partial charge in [0.1, 0.15) is 5.78 Å². The van der Waals surface area contributed by atoms with Gasteiger partial charge in [-0.1, -0.05) is 102 Å². The maximum absolute atomic E-state index is 14.4. The van der Waals surface area contributed by atoms with Crippen molar-refractivity contribution in [3.63, 3.8) is 0 Å². The zero-order valence-corrected chi connectivity index (χ0v) is 31.9. The zero-order valence-electron chi connectivity index (χ0n) is 37.0. The first-order chi connectivity index (χ1) is 27.1. The number of ketones is 2. The molecule has 0 radical (unpaired) electrons. The summed E-state index contributed by atoms with van der Waals surface area (Å²) in [5.41, 5.74) is 2.04. The molecule has 12 nitrogen and oxygen atoms in total. The van der Waals surface area contributed by atoms with Crippen LogP contribution in [0.2, 0.25) is 0 Å². The Bertz CT molecular complexity index is 1920. The van der Waals surface area contributed by atoms with Crippen LogP contribution in [-0.4, -0.2) is 61.9 Å². The number of hydrogen-bond donors (Lipinski definition) is 4. The molecule has 3 aromatic rings. The zero-order chi connectivity index (χ0) is 44.6. The maximum atomic E-state index is 14.4. The smallest absolute Gasteiger partial charge is 0.346 e. The molecule has 2 aromatic carbocycles. The standard InChI is InChI=1S/C40H55N4O8P/c1-27(45)22-33(39(3,4)5)38(48)43-44(25-30-17-19-31(20-18-30)34-16-12-13-21-41-34)26-36(52-53(49,50)51)32(23-29-14-10-9-11-15-29)24-35(47)37(40(6,7)8)42-28(2)46/h9-21,32-33,36-37H,22-26H2,1-8H3,(H,42,46)(H,43,48)(H2,49,50,51)/t32-,33-,36+,37-/m1/s1/i6D3,7D3. The van der Waals surface area contributed by atoms with E-state index in [4.69, 9.17) is 12.7 Å². The average Bonchev–Trinajstić information content (AvgIpc) is 3.11. The molecule has 0 bridgehead atoms. The van der Waals surface area contributed by atoms with Crippen LogP contribution in [0.3, 0.4) is 0 Å². The number of nitrogens with zero attached hydrogens (tertiary/aromatic N) is 2. The lowest BCUT2D eigenvalue weighted by molar-refractivity contribution is -0.138. The molecular weight excluding hydrogens is 695 g/mol. The quantitative estimate of drug-likeness (QED) is 0.0881. The Balaban J connectivity index is 2.19. The number of phosphoric acid groups is 1. The van der Waals surface area contributed by atoms with E-state index in [1.807, 2.05) is 12.1 Å². The van der Waals surface area contributed by atoms with Crippen LogP contribution in [0.25, 0.3) is 11.3 Å². The average molecular weight is 757 g/mol. The first-order valence-corrected chi connectivity index (χ1v) is 18.8. The van der Waals surface area contributed by atoms with Gasteiger partial charge in [-0.05, 0) is 53.4 Å². The Morgan fingerprint density at radius 2 is 1.53 bits per heavy atom. The van der Waals surface area contributed by atoms with Gasteiger partial charge in [-0.25, -0.2) is 9.57 Å². The summed E-state index contributed by atoms with van der Waals surface area (Å²) >= 11 is 0. The van der Waals surface area contributed by atoms with Gasteiger partial charge in [0.05, 0.1) is 23.8 Å². The Hall–Kier alpha value is -4.06. The number of carbonyl (C=O) groups excluding carboxylic acids is 4. The lowest BCUT2D eigenvalue weighted by Gasteiger charge is -2.36. The fourth-order valence-electron chi connectivity index (χ4n) is 6.04. The number of rotatable bonds is 18. The minimum atomic E-state index is -5.39. The summed E-state index contributed by atoms with van der Waals surface area (Å²) in [6, 6.07) is 19.0. The molecule has 3 rings (SSSR count). The van der Waals surface area contributed by atoms with Gasteiger partial charge < -0.3 is 19.9 Å². The van der Waals surface area contributed by atoms with Crippen LogP contribution < -0.4 is 10.7 Å². The van der Waals surface area contributed by atoms with E-state index in [1.54, 1.807) is 87.6 Å². The van der Waals surface area contributed by atoms with E-state index in [0.717, 1.165) is 19.4 Å². The van der Waals surface area contributed by atoms with E-state index in [9.17, 15) is 33.5 Å². The fourth-order valence-corrected chi connectivity index (χ4v) is 6.63. The van der Waals surface area contributed by atoms with Crippen molar-refractivity contribution in [3.8, 4) is 11.3 Å². The van der Waals surface area contributed by atoms with E-state index in [0.29, 0.717) is 16.8 Å². The van der Waals surface area contributed by atoms with Gasteiger partial charge in [-0.15, -0.1) is 0 Å². The molecule has 0 saturated carbocycles. The molecule has 0 unspecified atom stereocenters. The van der Waals surface area contributed by atoms with Gasteiger partial charge in [0.2, 0.25) is 11.8 Å². The molecule has 1 heterocycles. The molecule has 4 atom stereocenters. The van der Waals surface area contributed by atoms with Gasteiger partial charge >= 0.3 is 7.82 Å². The Kier molecular flexibility index (Phi) is 12.3. The summed E-state index contributed by atoms with van der Waals surface area (Å²) < 4.78 is 67.3. The third-order valence-corrected chi connectivity index (χ3v) is 9.21. The summed E-state index contributed by atoms with van der Waals surface area (Å²) in [6.45, 7) is 1.47. The third-order valence-electron chi connectivity index (χ3n) is 8.66. The molecular formula is C40H55N4O8P. The van der Waals surface area contributed by atoms with E-state index < -0.39 is 86.9 Å². The molecule has 13 heteroatoms. The molecule has 4 N–H and O–H groups in total. The summed E-state index contributed by atoms with van der Waals surface area (Å²) in [4.78, 5) is 78.1. The van der Waals surface area contributed by atoms with E-state index in [1.165, 1.54) is 11.9 Å². The number of carbonyl (C=O) groups is 4. The molecule has 0 spiro atoms. The van der Waals surface area contributed by atoms with Crippen molar-refractivity contribution >= 4 is 31.2 Å². The highest BCUT2D eigenvalue weighted by molar-refractivity contribution is 7.46. The molecule has 53 heavy (non-hydrogen) atoms. The highest BCUT2D eigenvalue weighted by atomic mass is 31.2.